The molecule has 0 saturated carbocycles. The summed E-state index contributed by atoms with van der Waals surface area (Å²) in [4.78, 5) is 71.8. The molecule has 2 aliphatic carbocycles. The molecule has 0 aromatic heterocycles. The van der Waals surface area contributed by atoms with Gasteiger partial charge in [-0.2, -0.15) is 0 Å². The maximum absolute atomic E-state index is 12.5. The summed E-state index contributed by atoms with van der Waals surface area (Å²) < 4.78 is 11.0. The van der Waals surface area contributed by atoms with Crippen molar-refractivity contribution in [1.29, 1.82) is 0 Å². The first-order chi connectivity index (χ1) is 17.1. The van der Waals surface area contributed by atoms with Gasteiger partial charge in [-0.05, 0) is 18.2 Å². The van der Waals surface area contributed by atoms with Crippen LogP contribution in [0.25, 0.3) is 0 Å². The van der Waals surface area contributed by atoms with Gasteiger partial charge in [-0.15, -0.1) is 0 Å². The molecule has 2 aromatic rings. The van der Waals surface area contributed by atoms with Gasteiger partial charge in [-0.25, -0.2) is 0 Å². The molecule has 11 nitrogen and oxygen atoms in total. The Labute approximate surface area is 259 Å². The van der Waals surface area contributed by atoms with Crippen molar-refractivity contribution >= 4 is 35.1 Å². The smallest absolute Gasteiger partial charge is 0.549 e. The number of carbonyl (C=O) groups excluding carboxylic acids is 6. The van der Waals surface area contributed by atoms with Crippen molar-refractivity contribution < 1.29 is 113 Å². The predicted molar refractivity (Wildman–Crippen MR) is 113 cm³/mol. The number of ketones is 4. The van der Waals surface area contributed by atoms with Gasteiger partial charge in [-0.3, -0.25) is 19.2 Å². The number of ether oxygens (including phenoxy) is 2. The minimum Gasteiger partial charge on any atom is -0.549 e. The number of fused-ring (bicyclic) bond motifs is 2. The Morgan fingerprint density at radius 3 is 2.00 bits per heavy atom. The zero-order chi connectivity index (χ0) is 26.1. The van der Waals surface area contributed by atoms with Crippen molar-refractivity contribution in [3.8, 4) is 11.5 Å². The van der Waals surface area contributed by atoms with E-state index in [1.165, 1.54) is 36.4 Å². The van der Waals surface area contributed by atoms with Crippen molar-refractivity contribution in [3.05, 3.63) is 70.3 Å². The third-order valence-corrected chi connectivity index (χ3v) is 5.68. The zero-order valence-electron chi connectivity index (χ0n) is 20.3. The van der Waals surface area contributed by atoms with Crippen LogP contribution in [-0.4, -0.2) is 59.5 Å². The molecule has 1 N–H and O–H groups in total. The van der Waals surface area contributed by atoms with E-state index in [1.807, 2.05) is 0 Å². The van der Waals surface area contributed by atoms with Crippen LogP contribution in [-0.2, 0) is 9.59 Å². The summed E-state index contributed by atoms with van der Waals surface area (Å²) in [6.45, 7) is -0.817. The number of benzene rings is 2. The molecular formula is C25H16Na2O11. The van der Waals surface area contributed by atoms with Gasteiger partial charge in [0.25, 0.3) is 0 Å². The van der Waals surface area contributed by atoms with Gasteiger partial charge >= 0.3 is 59.1 Å². The van der Waals surface area contributed by atoms with E-state index in [9.17, 15) is 44.1 Å². The second kappa shape index (κ2) is 12.9. The van der Waals surface area contributed by atoms with E-state index in [1.54, 1.807) is 0 Å². The first-order valence-corrected chi connectivity index (χ1v) is 10.6. The molecule has 2 atom stereocenters. The Hall–Kier alpha value is -2.64. The van der Waals surface area contributed by atoms with Crippen molar-refractivity contribution in [2.24, 2.45) is 5.92 Å². The number of aliphatic hydroxyl groups excluding tert-OH is 1. The summed E-state index contributed by atoms with van der Waals surface area (Å²) in [6, 6.07) is 8.08. The van der Waals surface area contributed by atoms with Crippen LogP contribution in [0.15, 0.2) is 48.0 Å². The van der Waals surface area contributed by atoms with E-state index in [-0.39, 0.29) is 92.9 Å². The Balaban J connectivity index is 0.00000253. The third-order valence-electron chi connectivity index (χ3n) is 5.68. The Bertz CT molecular complexity index is 1380. The second-order valence-electron chi connectivity index (χ2n) is 8.04. The number of allylic oxidation sites excluding steroid dienone is 1. The quantitative estimate of drug-likeness (QED) is 0.191. The molecule has 0 bridgehead atoms. The van der Waals surface area contributed by atoms with Crippen molar-refractivity contribution in [2.75, 3.05) is 13.2 Å². The number of hydrogen-bond acceptors (Lipinski definition) is 11. The third kappa shape index (κ3) is 6.15. The molecule has 0 aliphatic heterocycles. The summed E-state index contributed by atoms with van der Waals surface area (Å²) in [6.07, 6.45) is -1.22. The summed E-state index contributed by atoms with van der Waals surface area (Å²) >= 11 is 0. The first-order valence-electron chi connectivity index (χ1n) is 10.6. The van der Waals surface area contributed by atoms with E-state index in [0.717, 1.165) is 0 Å². The van der Waals surface area contributed by atoms with Gasteiger partial charge in [0.2, 0.25) is 0 Å². The molecule has 0 saturated heterocycles. The predicted octanol–water partition coefficient (Wildman–Crippen LogP) is -7.30. The van der Waals surface area contributed by atoms with Crippen LogP contribution >= 0.6 is 0 Å². The van der Waals surface area contributed by atoms with Crippen LogP contribution in [0, 0.1) is 5.92 Å². The summed E-state index contributed by atoms with van der Waals surface area (Å²) in [5.41, 5.74) is -1.33. The number of Topliss-reactive ketones (excluding diaryl/α,β-unsaturated/α-hetero) is 3. The summed E-state index contributed by atoms with van der Waals surface area (Å²) in [5, 5.41) is 32.5. The van der Waals surface area contributed by atoms with Crippen LogP contribution in [0.5, 0.6) is 11.5 Å². The van der Waals surface area contributed by atoms with E-state index in [2.05, 4.69) is 0 Å². The number of carboxylic acids is 2. The maximum Gasteiger partial charge on any atom is 1.00 e. The maximum atomic E-state index is 12.5. The number of aliphatic carboxylic acids is 2. The molecule has 184 valence electrons. The van der Waals surface area contributed by atoms with Crippen molar-refractivity contribution in [1.82, 2.24) is 0 Å². The molecule has 0 fully saturated rings. The molecule has 4 rings (SSSR count). The van der Waals surface area contributed by atoms with Crippen LogP contribution in [0.1, 0.15) is 47.9 Å². The summed E-state index contributed by atoms with van der Waals surface area (Å²) in [5.74, 6) is -8.19. The molecule has 2 aromatic carbocycles. The summed E-state index contributed by atoms with van der Waals surface area (Å²) in [7, 11) is 0. The van der Waals surface area contributed by atoms with Crippen molar-refractivity contribution in [2.45, 2.75) is 12.5 Å². The van der Waals surface area contributed by atoms with Gasteiger partial charge in [0.1, 0.15) is 30.8 Å². The second-order valence-corrected chi connectivity index (χ2v) is 8.04. The number of hydrogen-bond donors (Lipinski definition) is 1. The zero-order valence-corrected chi connectivity index (χ0v) is 24.3. The number of aliphatic hydroxyl groups is 1. The molecule has 13 heteroatoms. The Morgan fingerprint density at radius 2 is 1.45 bits per heavy atom. The van der Waals surface area contributed by atoms with Crippen LogP contribution < -0.4 is 78.8 Å². The minimum atomic E-state index is -1.78. The standard InChI is InChI=1S/C25H18O11.2Na/c26-11(9-35-18-5-1-3-12-20(18)16(27)7-14(22(12)29)24(31)32)10-36-19-6-2-4-13-21(19)17(28)8-15(23(13)30)25(33)34;;/h1-7,11,15,26H,8-10H2,(H,31,32)(H,33,34);;/q;2*+1/p-2. The molecule has 0 spiro atoms. The average molecular weight is 538 g/mol. The molecular weight excluding hydrogens is 522 g/mol. The van der Waals surface area contributed by atoms with Crippen LogP contribution in [0.2, 0.25) is 0 Å². The van der Waals surface area contributed by atoms with Gasteiger partial charge in [0, 0.05) is 23.1 Å². The van der Waals surface area contributed by atoms with E-state index in [0.29, 0.717) is 6.08 Å². The monoisotopic (exact) mass is 538 g/mol. The number of carbonyl (C=O) groups is 6. The molecule has 0 amide bonds. The Morgan fingerprint density at radius 1 is 0.895 bits per heavy atom. The first kappa shape index (κ1) is 31.6. The largest absolute Gasteiger partial charge is 1.00 e. The molecule has 2 unspecified atom stereocenters. The molecule has 0 heterocycles. The van der Waals surface area contributed by atoms with E-state index >= 15 is 0 Å². The van der Waals surface area contributed by atoms with Gasteiger partial charge in [-0.1, -0.05) is 24.3 Å². The minimum absolute atomic E-state index is 0. The van der Waals surface area contributed by atoms with Crippen LogP contribution in [0.4, 0.5) is 0 Å². The fraction of sp³-hybridized carbons (Fsp3) is 0.200. The van der Waals surface area contributed by atoms with Gasteiger partial charge in [0.05, 0.1) is 29.0 Å². The SMILES string of the molecule is O=C([O-])C1=CC(=O)c2c(OCC(O)COc3cccc4c3C(=O)CC(C(=O)[O-])C4=O)cccc2C1=O.[Na+].[Na+]. The van der Waals surface area contributed by atoms with Crippen LogP contribution in [0.3, 0.4) is 0 Å². The van der Waals surface area contributed by atoms with Crippen molar-refractivity contribution in [3.63, 3.8) is 0 Å². The fourth-order valence-electron chi connectivity index (χ4n) is 3.98. The normalized spacial score (nSPS) is 16.7. The van der Waals surface area contributed by atoms with Gasteiger partial charge < -0.3 is 34.4 Å². The number of carboxylic acid groups (broad SMARTS) is 2. The molecule has 38 heavy (non-hydrogen) atoms. The van der Waals surface area contributed by atoms with E-state index < -0.39 is 72.3 Å². The van der Waals surface area contributed by atoms with Gasteiger partial charge in [0.15, 0.2) is 23.1 Å². The number of rotatable bonds is 8. The molecule has 0 radical (unpaired) electrons. The topological polar surface area (TPSA) is 187 Å². The Kier molecular flexibility index (Phi) is 10.8. The molecule has 2 aliphatic rings. The van der Waals surface area contributed by atoms with E-state index in [4.69, 9.17) is 9.47 Å². The average Bonchev–Trinajstić information content (AvgIpc) is 2.85. The fourth-order valence-corrected chi connectivity index (χ4v) is 3.98.